The molecule has 0 saturated carbocycles. The van der Waals surface area contributed by atoms with E-state index in [4.69, 9.17) is 14.5 Å². The van der Waals surface area contributed by atoms with E-state index >= 15 is 0 Å². The van der Waals surface area contributed by atoms with E-state index in [9.17, 15) is 13.2 Å². The Morgan fingerprint density at radius 3 is 2.65 bits per heavy atom. The summed E-state index contributed by atoms with van der Waals surface area (Å²) in [5.74, 6) is 1.36. The number of carbonyl (C=O) groups is 1. The molecule has 37 heavy (non-hydrogen) atoms. The van der Waals surface area contributed by atoms with Crippen LogP contribution in [-0.2, 0) is 21.1 Å². The predicted molar refractivity (Wildman–Crippen MR) is 143 cm³/mol. The van der Waals surface area contributed by atoms with Crippen molar-refractivity contribution in [1.82, 2.24) is 9.88 Å². The van der Waals surface area contributed by atoms with Crippen LogP contribution in [0.25, 0.3) is 10.9 Å². The first-order chi connectivity index (χ1) is 17.5. The number of amides is 1. The Bertz CT molecular complexity index is 1450. The summed E-state index contributed by atoms with van der Waals surface area (Å²) in [4.78, 5) is 21.5. The lowest BCUT2D eigenvalue weighted by atomic mass is 10.1. The van der Waals surface area contributed by atoms with Crippen LogP contribution in [0.2, 0.25) is 0 Å². The van der Waals surface area contributed by atoms with Gasteiger partial charge in [-0.2, -0.15) is 0 Å². The van der Waals surface area contributed by atoms with E-state index in [-0.39, 0.29) is 18.0 Å². The van der Waals surface area contributed by atoms with E-state index in [2.05, 4.69) is 0 Å². The number of pyridine rings is 1. The van der Waals surface area contributed by atoms with Gasteiger partial charge in [-0.25, -0.2) is 18.2 Å². The van der Waals surface area contributed by atoms with Gasteiger partial charge in [0.25, 0.3) is 0 Å². The Labute approximate surface area is 218 Å². The molecule has 0 spiro atoms. The third-order valence-corrected chi connectivity index (χ3v) is 8.41. The lowest BCUT2D eigenvalue weighted by Crippen LogP contribution is -2.36. The summed E-state index contributed by atoms with van der Waals surface area (Å²) in [6, 6.07) is 15.1. The molecule has 2 aliphatic heterocycles. The number of carbonyl (C=O) groups excluding carboxylic acids is 1. The smallest absolute Gasteiger partial charge is 0.410 e. The molecule has 9 heteroatoms. The summed E-state index contributed by atoms with van der Waals surface area (Å²) in [5, 5.41) is 0.891. The molecule has 0 radical (unpaired) electrons. The Hall–Kier alpha value is -3.33. The normalized spacial score (nSPS) is 19.4. The Kier molecular flexibility index (Phi) is 6.52. The van der Waals surface area contributed by atoms with E-state index in [0.29, 0.717) is 49.1 Å². The molecule has 1 amide bonds. The molecule has 1 atom stereocenters. The zero-order valence-electron chi connectivity index (χ0n) is 21.7. The minimum Gasteiger partial charge on any atom is -0.488 e. The van der Waals surface area contributed by atoms with Crippen LogP contribution < -0.4 is 9.64 Å². The van der Waals surface area contributed by atoms with Gasteiger partial charge in [-0.1, -0.05) is 29.8 Å². The molecule has 0 aliphatic carbocycles. The van der Waals surface area contributed by atoms with E-state index < -0.39 is 15.4 Å². The lowest BCUT2D eigenvalue weighted by Gasteiger charge is -2.25. The maximum atomic E-state index is 12.9. The van der Waals surface area contributed by atoms with Crippen molar-refractivity contribution >= 4 is 32.7 Å². The zero-order valence-corrected chi connectivity index (χ0v) is 22.5. The van der Waals surface area contributed by atoms with Crippen LogP contribution in [0.5, 0.6) is 5.75 Å². The number of aryl methyl sites for hydroxylation is 1. The number of rotatable bonds is 3. The minimum atomic E-state index is -3.37. The van der Waals surface area contributed by atoms with Crippen LogP contribution in [0.15, 0.2) is 53.4 Å². The number of anilines is 1. The third-order valence-electron chi connectivity index (χ3n) is 6.63. The molecule has 2 aliphatic rings. The highest BCUT2D eigenvalue weighted by molar-refractivity contribution is 7.91. The van der Waals surface area contributed by atoms with Gasteiger partial charge in [0.2, 0.25) is 0 Å². The average Bonchev–Trinajstić information content (AvgIpc) is 3.24. The fraction of sp³-hybridized carbons (Fsp3) is 0.429. The second-order valence-electron chi connectivity index (χ2n) is 10.8. The third kappa shape index (κ3) is 5.51. The lowest BCUT2D eigenvalue weighted by molar-refractivity contribution is 0.0276. The number of ether oxygens (including phenoxy) is 2. The van der Waals surface area contributed by atoms with Gasteiger partial charge in [-0.3, -0.25) is 0 Å². The number of fused-ring (bicyclic) bond motifs is 2. The SMILES string of the molecule is Cc1ccc2nc(N3CCS(=O)(=O)c4ccccc4C3)cc(OC3CCN(C(=O)OC(C)(C)C)C3)c2c1. The van der Waals surface area contributed by atoms with Gasteiger partial charge in [0.1, 0.15) is 23.3 Å². The predicted octanol–water partition coefficient (Wildman–Crippen LogP) is 4.73. The van der Waals surface area contributed by atoms with E-state index in [1.807, 2.05) is 69.0 Å². The molecule has 2 aromatic carbocycles. The highest BCUT2D eigenvalue weighted by Crippen LogP contribution is 2.34. The number of hydrogen-bond acceptors (Lipinski definition) is 7. The summed E-state index contributed by atoms with van der Waals surface area (Å²) in [6.45, 7) is 9.36. The van der Waals surface area contributed by atoms with Crippen LogP contribution in [0.3, 0.4) is 0 Å². The van der Waals surface area contributed by atoms with Crippen molar-refractivity contribution in [3.63, 3.8) is 0 Å². The first-order valence-electron chi connectivity index (χ1n) is 12.6. The maximum absolute atomic E-state index is 12.9. The van der Waals surface area contributed by atoms with Crippen LogP contribution >= 0.6 is 0 Å². The van der Waals surface area contributed by atoms with Crippen molar-refractivity contribution in [2.24, 2.45) is 0 Å². The topological polar surface area (TPSA) is 89.0 Å². The molecule has 0 N–H and O–H groups in total. The van der Waals surface area contributed by atoms with Crippen molar-refractivity contribution in [2.75, 3.05) is 30.3 Å². The van der Waals surface area contributed by atoms with E-state index in [1.165, 1.54) is 0 Å². The van der Waals surface area contributed by atoms with Crippen molar-refractivity contribution in [3.05, 3.63) is 59.7 Å². The van der Waals surface area contributed by atoms with Crippen molar-refractivity contribution in [2.45, 2.75) is 57.3 Å². The molecule has 1 unspecified atom stereocenters. The second kappa shape index (κ2) is 9.52. The molecule has 8 nitrogen and oxygen atoms in total. The molecule has 1 aromatic heterocycles. The minimum absolute atomic E-state index is 0.0152. The van der Waals surface area contributed by atoms with Crippen molar-refractivity contribution in [3.8, 4) is 5.75 Å². The number of nitrogens with zero attached hydrogens (tertiary/aromatic N) is 3. The summed E-state index contributed by atoms with van der Waals surface area (Å²) >= 11 is 0. The van der Waals surface area contributed by atoms with Gasteiger partial charge in [0.05, 0.1) is 22.7 Å². The van der Waals surface area contributed by atoms with E-state index in [1.54, 1.807) is 17.0 Å². The molecule has 3 heterocycles. The monoisotopic (exact) mass is 523 g/mol. The van der Waals surface area contributed by atoms with Gasteiger partial charge < -0.3 is 19.3 Å². The maximum Gasteiger partial charge on any atom is 0.410 e. The summed E-state index contributed by atoms with van der Waals surface area (Å²) < 4.78 is 37.8. The Balaban J connectivity index is 1.45. The Morgan fingerprint density at radius 2 is 1.86 bits per heavy atom. The van der Waals surface area contributed by atoms with Gasteiger partial charge in [-0.15, -0.1) is 0 Å². The van der Waals surface area contributed by atoms with Gasteiger partial charge in [-0.05, 0) is 51.5 Å². The number of aromatic nitrogens is 1. The van der Waals surface area contributed by atoms with Crippen LogP contribution in [0, 0.1) is 6.92 Å². The van der Waals surface area contributed by atoms with Crippen molar-refractivity contribution < 1.29 is 22.7 Å². The highest BCUT2D eigenvalue weighted by atomic mass is 32.2. The van der Waals surface area contributed by atoms with Gasteiger partial charge >= 0.3 is 6.09 Å². The van der Waals surface area contributed by atoms with Gasteiger partial charge in [0.15, 0.2) is 9.84 Å². The number of benzene rings is 2. The summed E-state index contributed by atoms with van der Waals surface area (Å²) in [7, 11) is -3.37. The molecular formula is C28H33N3O5S. The standard InChI is InChI=1S/C28H33N3O5S/c1-19-9-10-23-22(15-19)24(35-21-11-12-31(18-21)27(32)36-28(2,3)4)16-26(29-23)30-13-14-37(33,34)25-8-6-5-7-20(25)17-30/h5-10,15-16,21H,11-14,17-18H2,1-4H3. The molecular weight excluding hydrogens is 490 g/mol. The summed E-state index contributed by atoms with van der Waals surface area (Å²) in [6.07, 6.45) is 0.176. The van der Waals surface area contributed by atoms with Crippen molar-refractivity contribution in [1.29, 1.82) is 0 Å². The van der Waals surface area contributed by atoms with Crippen LogP contribution in [0.1, 0.15) is 38.3 Å². The molecule has 1 saturated heterocycles. The second-order valence-corrected chi connectivity index (χ2v) is 12.9. The average molecular weight is 524 g/mol. The quantitative estimate of drug-likeness (QED) is 0.491. The molecule has 3 aromatic rings. The van der Waals surface area contributed by atoms with E-state index in [0.717, 1.165) is 22.0 Å². The van der Waals surface area contributed by atoms with Crippen LogP contribution in [-0.4, -0.2) is 61.5 Å². The molecule has 5 rings (SSSR count). The van der Waals surface area contributed by atoms with Crippen LogP contribution in [0.4, 0.5) is 10.6 Å². The zero-order chi connectivity index (χ0) is 26.4. The Morgan fingerprint density at radius 1 is 1.08 bits per heavy atom. The molecule has 196 valence electrons. The summed E-state index contributed by atoms with van der Waals surface area (Å²) in [5.41, 5.74) is 2.07. The number of hydrogen-bond donors (Lipinski definition) is 0. The highest BCUT2D eigenvalue weighted by Gasteiger charge is 2.32. The number of sulfone groups is 1. The van der Waals surface area contributed by atoms with Gasteiger partial charge in [0, 0.05) is 37.5 Å². The fourth-order valence-corrected chi connectivity index (χ4v) is 6.31. The largest absolute Gasteiger partial charge is 0.488 e. The first-order valence-corrected chi connectivity index (χ1v) is 14.3. The molecule has 1 fully saturated rings. The fourth-order valence-electron chi connectivity index (χ4n) is 4.81. The molecule has 0 bridgehead atoms. The number of likely N-dealkylation sites (tertiary alicyclic amines) is 1. The first kappa shape index (κ1) is 25.3.